The summed E-state index contributed by atoms with van der Waals surface area (Å²) in [6.45, 7) is 1.39. The first-order chi connectivity index (χ1) is 13.6. The number of thiophene rings is 1. The predicted molar refractivity (Wildman–Crippen MR) is 110 cm³/mol. The van der Waals surface area contributed by atoms with E-state index in [1.807, 2.05) is 0 Å². The minimum atomic E-state index is -4.49. The van der Waals surface area contributed by atoms with Gasteiger partial charge in [-0.15, -0.1) is 11.3 Å². The van der Waals surface area contributed by atoms with Crippen LogP contribution in [-0.2, 0) is 6.18 Å². The Morgan fingerprint density at radius 1 is 1.24 bits per heavy atom. The number of rotatable bonds is 2. The van der Waals surface area contributed by atoms with Crippen LogP contribution in [0, 0.1) is 0 Å². The van der Waals surface area contributed by atoms with Crippen molar-refractivity contribution in [3.63, 3.8) is 0 Å². The van der Waals surface area contributed by atoms with Crippen molar-refractivity contribution >= 4 is 65.8 Å². The highest BCUT2D eigenvalue weighted by Crippen LogP contribution is 2.41. The van der Waals surface area contributed by atoms with Gasteiger partial charge in [-0.05, 0) is 53.2 Å². The molecule has 148 valence electrons. The molecule has 4 nitrogen and oxygen atoms in total. The average Bonchev–Trinajstić information content (AvgIpc) is 2.96. The molecule has 0 fully saturated rings. The maximum absolute atomic E-state index is 13.2. The lowest BCUT2D eigenvalue weighted by Crippen LogP contribution is -2.20. The van der Waals surface area contributed by atoms with Gasteiger partial charge in [0.1, 0.15) is 9.98 Å². The molecular weight excluding hydrogens is 493 g/mol. The minimum Gasteiger partial charge on any atom is -0.294 e. The normalized spacial score (nSPS) is 12.1. The van der Waals surface area contributed by atoms with Crippen LogP contribution in [0.3, 0.4) is 0 Å². The summed E-state index contributed by atoms with van der Waals surface area (Å²) in [6, 6.07) is 5.82. The second-order valence-electron chi connectivity index (χ2n) is 6.23. The van der Waals surface area contributed by atoms with Gasteiger partial charge in [-0.2, -0.15) is 13.2 Å². The number of alkyl halides is 3. The van der Waals surface area contributed by atoms with Gasteiger partial charge in [-0.3, -0.25) is 14.2 Å². The van der Waals surface area contributed by atoms with Gasteiger partial charge in [-0.25, -0.2) is 4.98 Å². The average molecular weight is 502 g/mol. The molecule has 3 aromatic heterocycles. The van der Waals surface area contributed by atoms with Crippen LogP contribution in [0.4, 0.5) is 13.2 Å². The van der Waals surface area contributed by atoms with Gasteiger partial charge >= 0.3 is 6.18 Å². The molecule has 0 saturated carbocycles. The van der Waals surface area contributed by atoms with Crippen molar-refractivity contribution in [2.24, 2.45) is 0 Å². The Hall–Kier alpha value is -2.23. The molecule has 0 N–H and O–H groups in total. The zero-order chi connectivity index (χ0) is 21.1. The summed E-state index contributed by atoms with van der Waals surface area (Å²) >= 11 is 10.7. The molecular formula is C19H9BrClF3N2O2S. The summed E-state index contributed by atoms with van der Waals surface area (Å²) in [5.74, 6) is -0.207. The van der Waals surface area contributed by atoms with Gasteiger partial charge in [0.2, 0.25) is 0 Å². The summed E-state index contributed by atoms with van der Waals surface area (Å²) in [5.41, 5.74) is -0.529. The summed E-state index contributed by atoms with van der Waals surface area (Å²) in [5, 5.41) is 0.777. The first-order valence-corrected chi connectivity index (χ1v) is 10.1. The van der Waals surface area contributed by atoms with Crippen molar-refractivity contribution in [3.05, 3.63) is 66.8 Å². The molecule has 0 aliphatic heterocycles. The van der Waals surface area contributed by atoms with Crippen LogP contribution in [0.25, 0.3) is 26.8 Å². The standard InChI is InChI=1S/C19H9BrClF3N2O2S/c1-8(27)9-6-12-15-13(14(20)16(21)29-15)18(28)26(17(12)25-7-9)11-4-2-10(3-5-11)19(22,23)24/h2-7H,1H3. The van der Waals surface area contributed by atoms with E-state index in [9.17, 15) is 22.8 Å². The van der Waals surface area contributed by atoms with Crippen molar-refractivity contribution < 1.29 is 18.0 Å². The van der Waals surface area contributed by atoms with E-state index >= 15 is 0 Å². The maximum atomic E-state index is 13.2. The van der Waals surface area contributed by atoms with Gasteiger partial charge in [0.25, 0.3) is 5.56 Å². The lowest BCUT2D eigenvalue weighted by Gasteiger charge is -2.13. The molecule has 4 aromatic rings. The van der Waals surface area contributed by atoms with E-state index in [0.29, 0.717) is 24.5 Å². The van der Waals surface area contributed by atoms with Gasteiger partial charge in [-0.1, -0.05) is 11.6 Å². The Kier molecular flexibility index (Phi) is 4.79. The smallest absolute Gasteiger partial charge is 0.294 e. The number of halogens is 5. The number of ketones is 1. The number of nitrogens with zero attached hydrogens (tertiary/aromatic N) is 2. The first kappa shape index (κ1) is 20.1. The van der Waals surface area contributed by atoms with Crippen molar-refractivity contribution in [1.82, 2.24) is 9.55 Å². The highest BCUT2D eigenvalue weighted by molar-refractivity contribution is 9.10. The third kappa shape index (κ3) is 3.27. The van der Waals surface area contributed by atoms with E-state index < -0.39 is 17.3 Å². The third-order valence-corrected chi connectivity index (χ3v) is 7.13. The van der Waals surface area contributed by atoms with Crippen molar-refractivity contribution in [3.8, 4) is 5.69 Å². The minimum absolute atomic E-state index is 0.207. The maximum Gasteiger partial charge on any atom is 0.416 e. The number of benzene rings is 1. The largest absolute Gasteiger partial charge is 0.416 e. The Morgan fingerprint density at radius 3 is 2.48 bits per heavy atom. The summed E-state index contributed by atoms with van der Waals surface area (Å²) in [6.07, 6.45) is -3.16. The van der Waals surface area contributed by atoms with E-state index in [1.165, 1.54) is 29.8 Å². The number of fused-ring (bicyclic) bond motifs is 3. The molecule has 0 saturated heterocycles. The van der Waals surface area contributed by atoms with Crippen LogP contribution in [0.2, 0.25) is 4.34 Å². The van der Waals surface area contributed by atoms with Gasteiger partial charge in [0, 0.05) is 17.1 Å². The monoisotopic (exact) mass is 500 g/mol. The number of pyridine rings is 2. The first-order valence-electron chi connectivity index (χ1n) is 8.10. The molecule has 29 heavy (non-hydrogen) atoms. The predicted octanol–water partition coefficient (Wildman–Crippen LogP) is 6.24. The SMILES string of the molecule is CC(=O)c1cnc2c(c1)c1sc(Cl)c(Br)c1c(=O)n2-c1ccc(C(F)(F)F)cc1. The Bertz CT molecular complexity index is 1360. The van der Waals surface area contributed by atoms with Crippen LogP contribution < -0.4 is 5.56 Å². The lowest BCUT2D eigenvalue weighted by molar-refractivity contribution is -0.137. The fraction of sp³-hybridized carbons (Fsp3) is 0.105. The fourth-order valence-electron chi connectivity index (χ4n) is 3.01. The topological polar surface area (TPSA) is 52.0 Å². The van der Waals surface area contributed by atoms with E-state index in [2.05, 4.69) is 20.9 Å². The molecule has 0 radical (unpaired) electrons. The van der Waals surface area contributed by atoms with Crippen LogP contribution in [0.15, 0.2) is 45.8 Å². The highest BCUT2D eigenvalue weighted by atomic mass is 79.9. The number of Topliss-reactive ketones (excluding diaryl/α,β-unsaturated/α-hetero) is 1. The number of aromatic nitrogens is 2. The molecule has 1 aromatic carbocycles. The molecule has 0 amide bonds. The molecule has 0 unspecified atom stereocenters. The zero-order valence-electron chi connectivity index (χ0n) is 14.5. The number of hydrogen-bond donors (Lipinski definition) is 0. The summed E-state index contributed by atoms with van der Waals surface area (Å²) in [7, 11) is 0. The van der Waals surface area contributed by atoms with Crippen molar-refractivity contribution in [2.75, 3.05) is 0 Å². The molecule has 4 rings (SSSR count). The second kappa shape index (κ2) is 6.93. The molecule has 0 aliphatic rings. The van der Waals surface area contributed by atoms with E-state index in [1.54, 1.807) is 6.07 Å². The molecule has 0 bridgehead atoms. The number of hydrogen-bond acceptors (Lipinski definition) is 4. The van der Waals surface area contributed by atoms with Crippen molar-refractivity contribution in [1.29, 1.82) is 0 Å². The van der Waals surface area contributed by atoms with Crippen LogP contribution in [-0.4, -0.2) is 15.3 Å². The Balaban J connectivity index is 2.12. The molecule has 0 spiro atoms. The summed E-state index contributed by atoms with van der Waals surface area (Å²) < 4.78 is 41.2. The van der Waals surface area contributed by atoms with E-state index in [-0.39, 0.29) is 22.5 Å². The van der Waals surface area contributed by atoms with E-state index in [0.717, 1.165) is 23.5 Å². The fourth-order valence-corrected chi connectivity index (χ4v) is 5.00. The summed E-state index contributed by atoms with van der Waals surface area (Å²) in [4.78, 5) is 29.3. The van der Waals surface area contributed by atoms with Gasteiger partial charge in [0.15, 0.2) is 5.78 Å². The highest BCUT2D eigenvalue weighted by Gasteiger charge is 2.30. The van der Waals surface area contributed by atoms with Crippen LogP contribution in [0.5, 0.6) is 0 Å². The van der Waals surface area contributed by atoms with Crippen molar-refractivity contribution in [2.45, 2.75) is 13.1 Å². The lowest BCUT2D eigenvalue weighted by atomic mass is 10.1. The molecule has 0 atom stereocenters. The number of carbonyl (C=O) groups is 1. The Morgan fingerprint density at radius 2 is 1.90 bits per heavy atom. The van der Waals surface area contributed by atoms with Crippen LogP contribution >= 0.6 is 38.9 Å². The second-order valence-corrected chi connectivity index (χ2v) is 8.65. The third-order valence-electron chi connectivity index (χ3n) is 4.41. The molecule has 0 aliphatic carbocycles. The Labute approximate surface area is 178 Å². The molecule has 3 heterocycles. The number of carbonyl (C=O) groups excluding carboxylic acids is 1. The van der Waals surface area contributed by atoms with Gasteiger partial charge < -0.3 is 0 Å². The molecule has 10 heteroatoms. The van der Waals surface area contributed by atoms with E-state index in [4.69, 9.17) is 11.6 Å². The quantitative estimate of drug-likeness (QED) is 0.306. The zero-order valence-corrected chi connectivity index (χ0v) is 17.6. The van der Waals surface area contributed by atoms with Gasteiger partial charge in [0.05, 0.1) is 25.8 Å². The van der Waals surface area contributed by atoms with Crippen LogP contribution in [0.1, 0.15) is 22.8 Å².